The van der Waals surface area contributed by atoms with Crippen LogP contribution in [0.5, 0.6) is 0 Å². The van der Waals surface area contributed by atoms with E-state index in [1.54, 1.807) is 34.6 Å². The molecular weight excluding hydrogens is 1070 g/mol. The Morgan fingerprint density at radius 3 is 1.24 bits per heavy atom. The van der Waals surface area contributed by atoms with Gasteiger partial charge in [0.1, 0.15) is 24.4 Å². The number of ketones is 2. The second-order valence-corrected chi connectivity index (χ2v) is 38.3. The molecule has 2 heterocycles. The fourth-order valence-electron chi connectivity index (χ4n) is 14.8. The summed E-state index contributed by atoms with van der Waals surface area (Å²) in [4.78, 5) is 52.2. The highest BCUT2D eigenvalue weighted by Gasteiger charge is 2.68. The van der Waals surface area contributed by atoms with E-state index in [1.807, 2.05) is 48.5 Å². The lowest BCUT2D eigenvalue weighted by molar-refractivity contribution is -0.291. The molecule has 2 saturated carbocycles. The van der Waals surface area contributed by atoms with Gasteiger partial charge in [0.05, 0.1) is 59.7 Å². The normalized spacial score (nSPS) is 36.7. The summed E-state index contributed by atoms with van der Waals surface area (Å²) < 4.78 is 29.7. The molecule has 2 aliphatic heterocycles. The molecule has 0 radical (unpaired) electrons. The monoisotopic (exact) mass is 1170 g/mol. The second-order valence-electron chi connectivity index (χ2n) is 26.7. The number of fused-ring (bicyclic) bond motifs is 2. The molecule has 0 amide bonds. The predicted molar refractivity (Wildman–Crippen MR) is 310 cm³/mol. The van der Waals surface area contributed by atoms with Gasteiger partial charge in [0.25, 0.3) is 0 Å². The molecule has 6 aliphatic rings. The first kappa shape index (κ1) is 69.6. The molecule has 0 aromatic heterocycles. The lowest BCUT2D eigenvalue weighted by atomic mass is 9.54. The summed E-state index contributed by atoms with van der Waals surface area (Å²) in [6.07, 6.45) is -6.80. The van der Waals surface area contributed by atoms with Crippen molar-refractivity contribution in [1.29, 1.82) is 0 Å². The first-order valence-electron chi connectivity index (χ1n) is 29.5. The third-order valence-corrected chi connectivity index (χ3v) is 32.1. The molecule has 2 saturated heterocycles. The van der Waals surface area contributed by atoms with Crippen molar-refractivity contribution in [3.8, 4) is 0 Å². The molecule has 14 atom stereocenters. The van der Waals surface area contributed by atoms with Crippen LogP contribution >= 0.6 is 11.1 Å². The number of hydrogen-bond acceptors (Lipinski definition) is 16. The maximum atomic E-state index is 14.6. The minimum Gasteiger partial charge on any atom is -0.454 e. The molecule has 7 N–H and O–H groups in total. The highest BCUT2D eigenvalue weighted by atomic mass is 35.6. The average Bonchev–Trinajstić information content (AvgIpc) is 3.36. The van der Waals surface area contributed by atoms with Gasteiger partial charge in [0.2, 0.25) is 0 Å². The predicted octanol–water partition coefficient (Wildman–Crippen LogP) is 8.80. The summed E-state index contributed by atoms with van der Waals surface area (Å²) in [5, 5.41) is 79.1. The van der Waals surface area contributed by atoms with E-state index in [4.69, 9.17) is 34.5 Å². The first-order chi connectivity index (χ1) is 36.1. The SMILES string of the molecule is CC(=O)O[C@@]12COC1CC(O)[C@@](C)(C(=O)C(O)C1=C(C)C(O)CC(O)(C(C)C)C1(C)C)C2.CC[Si](CC)(CC)OC1CC2OC[C@@]2(OC(C)=O)CC1(C)C(=O)C(O)C1=C(C)C(O)CC(O)(C(C)C)C1(C)C.CC[Si](Cl)(CC)CC. The average molecular weight is 1170 g/mol. The maximum Gasteiger partial charge on any atom is 0.303 e. The molecule has 4 aliphatic carbocycles. The van der Waals surface area contributed by atoms with Crippen molar-refractivity contribution < 1.29 is 78.3 Å². The third-order valence-electron chi connectivity index (χ3n) is 21.2. The Balaban J connectivity index is 0.000000303. The number of aliphatic hydroxyl groups is 7. The van der Waals surface area contributed by atoms with E-state index in [0.29, 0.717) is 23.1 Å². The van der Waals surface area contributed by atoms with Crippen LogP contribution in [0.3, 0.4) is 0 Å². The van der Waals surface area contributed by atoms with Gasteiger partial charge in [0.15, 0.2) is 38.5 Å². The van der Waals surface area contributed by atoms with E-state index < -0.39 is 126 Å². The van der Waals surface area contributed by atoms with Crippen LogP contribution < -0.4 is 0 Å². The Morgan fingerprint density at radius 1 is 0.608 bits per heavy atom. The van der Waals surface area contributed by atoms with E-state index >= 15 is 0 Å². The zero-order chi connectivity index (χ0) is 60.8. The zero-order valence-corrected chi connectivity index (χ0v) is 54.6. The van der Waals surface area contributed by atoms with Crippen molar-refractivity contribution in [1.82, 2.24) is 0 Å². The molecular formula is C60H105ClO16Si2. The second kappa shape index (κ2) is 25.0. The lowest BCUT2D eigenvalue weighted by Crippen LogP contribution is -2.71. The van der Waals surface area contributed by atoms with Gasteiger partial charge in [-0.25, -0.2) is 0 Å². The van der Waals surface area contributed by atoms with E-state index in [2.05, 4.69) is 41.5 Å². The topological polar surface area (TPSA) is 256 Å². The van der Waals surface area contributed by atoms with Crippen molar-refractivity contribution in [3.63, 3.8) is 0 Å². The molecule has 19 heteroatoms. The quantitative estimate of drug-likeness (QED) is 0.0293. The fourth-order valence-corrected chi connectivity index (χ4v) is 19.2. The molecule has 11 unspecified atom stereocenters. The lowest BCUT2D eigenvalue weighted by Gasteiger charge is -2.59. The van der Waals surface area contributed by atoms with Gasteiger partial charge < -0.3 is 59.1 Å². The van der Waals surface area contributed by atoms with E-state index in [1.165, 1.54) is 32.0 Å². The van der Waals surface area contributed by atoms with Crippen LogP contribution in [-0.4, -0.2) is 159 Å². The molecule has 0 aromatic carbocycles. The summed E-state index contributed by atoms with van der Waals surface area (Å²) >= 11 is 6.23. The molecule has 0 spiro atoms. The number of halogens is 1. The Morgan fingerprint density at radius 2 is 0.949 bits per heavy atom. The van der Waals surface area contributed by atoms with Gasteiger partial charge in [-0.2, -0.15) is 11.1 Å². The summed E-state index contributed by atoms with van der Waals surface area (Å²) in [6.45, 7) is 37.4. The van der Waals surface area contributed by atoms with Crippen LogP contribution in [0.4, 0.5) is 0 Å². The number of Topliss-reactive ketones (excluding diaryl/α,β-unsaturated/α-hetero) is 2. The van der Waals surface area contributed by atoms with Gasteiger partial charge in [-0.05, 0) is 98.1 Å². The molecule has 79 heavy (non-hydrogen) atoms. The van der Waals surface area contributed by atoms with E-state index in [0.717, 1.165) is 18.1 Å². The molecule has 0 aromatic rings. The van der Waals surface area contributed by atoms with Gasteiger partial charge in [-0.1, -0.05) is 96.9 Å². The summed E-state index contributed by atoms with van der Waals surface area (Å²) in [7, 11) is -3.38. The van der Waals surface area contributed by atoms with Crippen LogP contribution in [0.1, 0.15) is 177 Å². The van der Waals surface area contributed by atoms with Crippen LogP contribution in [-0.2, 0) is 42.6 Å². The summed E-state index contributed by atoms with van der Waals surface area (Å²) in [6, 6.07) is 6.36. The largest absolute Gasteiger partial charge is 0.454 e. The number of aliphatic hydroxyl groups excluding tert-OH is 5. The van der Waals surface area contributed by atoms with Crippen molar-refractivity contribution >= 4 is 50.3 Å². The number of hydrogen-bond donors (Lipinski definition) is 7. The minimum absolute atomic E-state index is 0.0189. The van der Waals surface area contributed by atoms with Crippen molar-refractivity contribution in [3.05, 3.63) is 22.3 Å². The van der Waals surface area contributed by atoms with Crippen molar-refractivity contribution in [2.75, 3.05) is 13.2 Å². The fraction of sp³-hybridized carbons (Fsp3) is 0.867. The number of ether oxygens (including phenoxy) is 4. The van der Waals surface area contributed by atoms with Gasteiger partial charge >= 0.3 is 11.9 Å². The van der Waals surface area contributed by atoms with Crippen LogP contribution in [0.25, 0.3) is 0 Å². The molecule has 4 fully saturated rings. The Labute approximate surface area is 480 Å². The van der Waals surface area contributed by atoms with Gasteiger partial charge in [-0.3, -0.25) is 19.2 Å². The number of rotatable bonds is 18. The zero-order valence-electron chi connectivity index (χ0n) is 51.9. The highest BCUT2D eigenvalue weighted by molar-refractivity contribution is 7.20. The Bertz CT molecular complexity index is 2260. The maximum absolute atomic E-state index is 14.6. The minimum atomic E-state index is -2.18. The van der Waals surface area contributed by atoms with Gasteiger partial charge in [-0.15, -0.1) is 0 Å². The Hall–Kier alpha value is -1.92. The van der Waals surface area contributed by atoms with Crippen LogP contribution in [0, 0.1) is 33.5 Å². The molecule has 456 valence electrons. The van der Waals surface area contributed by atoms with Crippen molar-refractivity contribution in [2.45, 2.75) is 285 Å². The summed E-state index contributed by atoms with van der Waals surface area (Å²) in [5.41, 5.74) is -7.61. The molecule has 6 rings (SSSR count). The van der Waals surface area contributed by atoms with Crippen molar-refractivity contribution in [2.24, 2.45) is 33.5 Å². The smallest absolute Gasteiger partial charge is 0.303 e. The van der Waals surface area contributed by atoms with E-state index in [-0.39, 0.29) is 68.8 Å². The van der Waals surface area contributed by atoms with E-state index in [9.17, 15) is 54.9 Å². The molecule has 16 nitrogen and oxygen atoms in total. The Kier molecular flexibility index (Phi) is 22.0. The number of carbonyl (C=O) groups is 4. The highest BCUT2D eigenvalue weighted by Crippen LogP contribution is 2.58. The van der Waals surface area contributed by atoms with Crippen LogP contribution in [0.2, 0.25) is 36.3 Å². The molecule has 0 bridgehead atoms. The summed E-state index contributed by atoms with van der Waals surface area (Å²) in [5.74, 6) is -2.45. The standard InChI is InChI=1S/C30H52O8Si.C24H38O8.C6H15ClSi/c1-11-39(12-2,13-3)38-22-14-23-29(17-36-23,37-20(7)31)16-28(22,10)26(34)25(33)24-19(6)21(32)15-30(35,18(4)5)27(24,8)9;1-12(2)24(30)9-15(26)13(3)18(21(24,5)6)19(28)20(29)22(7)10-23(32-14(4)25)11-31-17(23)8-16(22)27;1-4-8(7,5-2)6-3/h18,21-23,25,32-33,35H,11-17H2,1-10H3;12,15-17,19,26-28,30H,8-11H2,1-7H3;4-6H2,1-3H3/t21?,22?,23?,25?,28?,29-,30?;15?,16?,17?,19?,22-,23-,24?;/m00./s1. The number of esters is 2. The number of carbonyl (C=O) groups excluding carboxylic acids is 4. The first-order valence-corrected chi connectivity index (χ1v) is 35.6. The third kappa shape index (κ3) is 12.5. The van der Waals surface area contributed by atoms with Crippen LogP contribution in [0.15, 0.2) is 22.3 Å². The van der Waals surface area contributed by atoms with Gasteiger partial charge in [0, 0.05) is 63.2 Å².